The highest BCUT2D eigenvalue weighted by Crippen LogP contribution is 2.37. The molecule has 2 heterocycles. The fraction of sp³-hybridized carbons (Fsp3) is 0.426. The molecule has 2 saturated heterocycles. The van der Waals surface area contributed by atoms with Crippen LogP contribution in [-0.4, -0.2) is 115 Å². The lowest BCUT2D eigenvalue weighted by atomic mass is 9.95. The Balaban J connectivity index is 1.02. The molecule has 1 aliphatic carbocycles. The third-order valence-electron chi connectivity index (χ3n) is 12.1. The molecule has 0 bridgehead atoms. The molecule has 0 unspecified atom stereocenters. The maximum atomic E-state index is 14.2. The van der Waals surface area contributed by atoms with Crippen molar-refractivity contribution in [3.8, 4) is 0 Å². The number of alkyl halides is 3. The molecule has 0 spiro atoms. The number of hydrogen-bond donors (Lipinski definition) is 2. The van der Waals surface area contributed by atoms with E-state index in [1.807, 2.05) is 47.2 Å². The van der Waals surface area contributed by atoms with Crippen LogP contribution in [0.1, 0.15) is 60.9 Å². The smallest absolute Gasteiger partial charge is 0.380 e. The molecule has 1 atom stereocenters. The lowest BCUT2D eigenvalue weighted by molar-refractivity contribution is -0.0435. The Morgan fingerprint density at radius 1 is 0.785 bits per heavy atom. The molecular weight excluding hydrogens is 919 g/mol. The van der Waals surface area contributed by atoms with Crippen molar-refractivity contribution in [2.75, 3.05) is 81.5 Å². The third kappa shape index (κ3) is 13.1. The summed E-state index contributed by atoms with van der Waals surface area (Å²) >= 11 is 7.63. The van der Waals surface area contributed by atoms with Crippen LogP contribution in [0.3, 0.4) is 0 Å². The number of hydrogen-bond acceptors (Lipinski definition) is 11. The molecule has 2 N–H and O–H groups in total. The Morgan fingerprint density at radius 2 is 1.51 bits per heavy atom. The van der Waals surface area contributed by atoms with E-state index in [9.17, 15) is 34.8 Å². The number of carbonyl (C=O) groups is 1. The van der Waals surface area contributed by atoms with Gasteiger partial charge in [-0.15, -0.1) is 11.8 Å². The molecule has 1 amide bonds. The van der Waals surface area contributed by atoms with Crippen LogP contribution in [0.4, 0.5) is 24.5 Å². The minimum atomic E-state index is -6.05. The molecule has 350 valence electrons. The van der Waals surface area contributed by atoms with Crippen LogP contribution in [0.15, 0.2) is 117 Å². The van der Waals surface area contributed by atoms with E-state index in [0.29, 0.717) is 44.5 Å². The first kappa shape index (κ1) is 48.8. The summed E-state index contributed by atoms with van der Waals surface area (Å²) < 4.78 is 103. The van der Waals surface area contributed by atoms with Gasteiger partial charge in [-0.25, -0.2) is 21.6 Å². The van der Waals surface area contributed by atoms with Crippen molar-refractivity contribution in [3.05, 3.63) is 119 Å². The summed E-state index contributed by atoms with van der Waals surface area (Å²) in [5.41, 5.74) is -1.16. The Kier molecular flexibility index (Phi) is 16.6. The van der Waals surface area contributed by atoms with Crippen LogP contribution in [0.2, 0.25) is 5.02 Å². The number of halogens is 4. The molecule has 65 heavy (non-hydrogen) atoms. The van der Waals surface area contributed by atoms with E-state index >= 15 is 0 Å². The second kappa shape index (κ2) is 22.1. The van der Waals surface area contributed by atoms with Gasteiger partial charge in [-0.3, -0.25) is 9.69 Å². The van der Waals surface area contributed by atoms with Crippen molar-refractivity contribution in [2.24, 2.45) is 0 Å². The number of thioether (sulfide) groups is 1. The van der Waals surface area contributed by atoms with E-state index in [2.05, 4.69) is 32.1 Å². The quantitative estimate of drug-likeness (QED) is 0.105. The number of anilines is 2. The van der Waals surface area contributed by atoms with Crippen molar-refractivity contribution in [1.82, 2.24) is 14.5 Å². The molecule has 7 rings (SSSR count). The number of rotatable bonds is 16. The molecule has 0 saturated carbocycles. The molecule has 0 radical (unpaired) electrons. The number of sulfonamides is 1. The molecule has 4 aromatic rings. The topological polar surface area (TPSA) is 128 Å². The maximum absolute atomic E-state index is 14.2. The Hall–Kier alpha value is -4.10. The first-order valence-corrected chi connectivity index (χ1v) is 26.3. The maximum Gasteiger partial charge on any atom is 0.501 e. The first-order valence-electron chi connectivity index (χ1n) is 22.0. The standard InChI is InChI=1S/C47H55ClF3N5O6S3/c48-38-16-12-35(13-17-38)43-11-6-1-3-8-37(43)33-55-25-27-56(28-26-55)40-18-14-36(15-19-40)46(57)53-65(60,61)42-20-21-44(45(32-42)64(58,59)47(49,50)51)52-39(34-63-41-9-4-2-5-10-41)22-24-54-23-7-30-62-31-29-54/h2,4-5,9-10,12-21,32,39,52H,1,3,6-8,11,22-31,33-34H2,(H,53,57)/t39-/m1/s1. The Morgan fingerprint density at radius 3 is 2.23 bits per heavy atom. The molecule has 2 fully saturated rings. The number of ether oxygens (including phenoxy) is 1. The number of amides is 1. The highest BCUT2D eigenvalue weighted by molar-refractivity contribution is 7.99. The molecular formula is C47H55ClF3N5O6S3. The Labute approximate surface area is 389 Å². The fourth-order valence-corrected chi connectivity index (χ4v) is 11.6. The van der Waals surface area contributed by atoms with Crippen LogP contribution in [0, 0.1) is 0 Å². The van der Waals surface area contributed by atoms with Gasteiger partial charge in [0.2, 0.25) is 0 Å². The van der Waals surface area contributed by atoms with Crippen molar-refractivity contribution >= 4 is 66.1 Å². The average Bonchev–Trinajstić information content (AvgIpc) is 3.71. The zero-order valence-electron chi connectivity index (χ0n) is 36.1. The summed E-state index contributed by atoms with van der Waals surface area (Å²) in [5.74, 6) is -0.649. The van der Waals surface area contributed by atoms with Crippen molar-refractivity contribution in [3.63, 3.8) is 0 Å². The number of carbonyl (C=O) groups excluding carboxylic acids is 1. The zero-order chi connectivity index (χ0) is 46.0. The predicted molar refractivity (Wildman–Crippen MR) is 252 cm³/mol. The predicted octanol–water partition coefficient (Wildman–Crippen LogP) is 8.98. The van der Waals surface area contributed by atoms with Crippen LogP contribution in [-0.2, 0) is 24.6 Å². The SMILES string of the molecule is O=C(NS(=O)(=O)c1ccc(N[C@H](CCN2CCCOCC2)CSc2ccccc2)c(S(=O)(=O)C(F)(F)F)c1)c1ccc(N2CCN(CC3=C(c4ccc(Cl)cc4)CCCCC3)CC2)cc1. The molecule has 11 nitrogen and oxygen atoms in total. The van der Waals surface area contributed by atoms with Crippen LogP contribution < -0.4 is 14.9 Å². The molecule has 4 aromatic carbocycles. The zero-order valence-corrected chi connectivity index (χ0v) is 39.3. The highest BCUT2D eigenvalue weighted by atomic mass is 35.5. The number of nitrogens with one attached hydrogen (secondary N) is 2. The van der Waals surface area contributed by atoms with Gasteiger partial charge in [0.15, 0.2) is 0 Å². The van der Waals surface area contributed by atoms with E-state index in [0.717, 1.165) is 86.3 Å². The number of nitrogens with zero attached hydrogens (tertiary/aromatic N) is 3. The number of sulfone groups is 1. The molecule has 18 heteroatoms. The van der Waals surface area contributed by atoms with Crippen molar-refractivity contribution in [2.45, 2.75) is 71.2 Å². The second-order valence-electron chi connectivity index (χ2n) is 16.6. The average molecular weight is 975 g/mol. The summed E-state index contributed by atoms with van der Waals surface area (Å²) in [5, 5.41) is 3.73. The van der Waals surface area contributed by atoms with Gasteiger partial charge in [-0.2, -0.15) is 13.2 Å². The normalized spacial score (nSPS) is 17.9. The minimum Gasteiger partial charge on any atom is -0.380 e. The van der Waals surface area contributed by atoms with E-state index < -0.39 is 52.8 Å². The Bertz CT molecular complexity index is 2480. The van der Waals surface area contributed by atoms with E-state index in [4.69, 9.17) is 16.3 Å². The number of benzene rings is 4. The van der Waals surface area contributed by atoms with E-state index in [-0.39, 0.29) is 5.56 Å². The van der Waals surface area contributed by atoms with Gasteiger partial charge in [0.05, 0.1) is 17.2 Å². The van der Waals surface area contributed by atoms with Gasteiger partial charge in [-0.1, -0.05) is 53.9 Å². The first-order chi connectivity index (χ1) is 31.2. The monoisotopic (exact) mass is 973 g/mol. The molecule has 3 aliphatic rings. The summed E-state index contributed by atoms with van der Waals surface area (Å²) in [6.07, 6.45) is 6.94. The summed E-state index contributed by atoms with van der Waals surface area (Å²) in [6.45, 7) is 7.27. The lowest BCUT2D eigenvalue weighted by Crippen LogP contribution is -2.47. The van der Waals surface area contributed by atoms with Crippen molar-refractivity contribution in [1.29, 1.82) is 0 Å². The van der Waals surface area contributed by atoms with Gasteiger partial charge in [-0.05, 0) is 116 Å². The molecule has 2 aliphatic heterocycles. The number of piperazine rings is 1. The summed E-state index contributed by atoms with van der Waals surface area (Å²) in [7, 11) is -10.9. The van der Waals surface area contributed by atoms with Gasteiger partial charge >= 0.3 is 5.51 Å². The number of allylic oxidation sites excluding steroid dienone is 1. The van der Waals surface area contributed by atoms with Gasteiger partial charge in [0, 0.05) is 91.9 Å². The largest absolute Gasteiger partial charge is 0.501 e. The van der Waals surface area contributed by atoms with Gasteiger partial charge in [0.1, 0.15) is 4.90 Å². The van der Waals surface area contributed by atoms with Crippen LogP contribution >= 0.6 is 23.4 Å². The summed E-state index contributed by atoms with van der Waals surface area (Å²) in [4.78, 5) is 19.0. The van der Waals surface area contributed by atoms with E-state index in [1.165, 1.54) is 59.9 Å². The van der Waals surface area contributed by atoms with Crippen LogP contribution in [0.5, 0.6) is 0 Å². The second-order valence-corrected chi connectivity index (χ2v) is 21.7. The fourth-order valence-electron chi connectivity index (χ4n) is 8.44. The molecule has 0 aromatic heterocycles. The van der Waals surface area contributed by atoms with E-state index in [1.54, 1.807) is 12.1 Å². The highest BCUT2D eigenvalue weighted by Gasteiger charge is 2.48. The third-order valence-corrected chi connectivity index (χ3v) is 16.3. The lowest BCUT2D eigenvalue weighted by Gasteiger charge is -2.37. The van der Waals surface area contributed by atoms with Crippen molar-refractivity contribution < 1.29 is 39.5 Å². The van der Waals surface area contributed by atoms with Gasteiger partial charge in [0.25, 0.3) is 25.8 Å². The van der Waals surface area contributed by atoms with Gasteiger partial charge < -0.3 is 19.9 Å². The van der Waals surface area contributed by atoms with Crippen LogP contribution in [0.25, 0.3) is 5.57 Å². The summed E-state index contributed by atoms with van der Waals surface area (Å²) in [6, 6.07) is 25.9. The minimum absolute atomic E-state index is 0.00198.